The maximum atomic E-state index is 5.47. The van der Waals surface area contributed by atoms with Crippen LogP contribution in [-0.4, -0.2) is 87.4 Å². The van der Waals surface area contributed by atoms with Gasteiger partial charge in [0, 0.05) is 38.3 Å². The first-order valence-corrected chi connectivity index (χ1v) is 9.55. The highest BCUT2D eigenvalue weighted by molar-refractivity contribution is 14.0. The number of hydrogen-bond donors (Lipinski definition) is 2. The van der Waals surface area contributed by atoms with Crippen molar-refractivity contribution < 1.29 is 4.74 Å². The highest BCUT2D eigenvalue weighted by atomic mass is 127. The van der Waals surface area contributed by atoms with E-state index in [9.17, 15) is 0 Å². The molecule has 0 aromatic rings. The van der Waals surface area contributed by atoms with Gasteiger partial charge in [0.2, 0.25) is 0 Å². The number of aliphatic imine (C=N–C) groups is 1. The summed E-state index contributed by atoms with van der Waals surface area (Å²) in [4.78, 5) is 9.78. The zero-order valence-electron chi connectivity index (χ0n) is 16.5. The van der Waals surface area contributed by atoms with Gasteiger partial charge in [-0.15, -0.1) is 24.0 Å². The van der Waals surface area contributed by atoms with E-state index in [1.54, 1.807) is 0 Å². The molecule has 6 nitrogen and oxygen atoms in total. The van der Waals surface area contributed by atoms with Crippen molar-refractivity contribution in [3.63, 3.8) is 0 Å². The van der Waals surface area contributed by atoms with Crippen molar-refractivity contribution >= 4 is 29.9 Å². The summed E-state index contributed by atoms with van der Waals surface area (Å²) in [5.41, 5.74) is 0.0667. The Labute approximate surface area is 171 Å². The standard InChI is InChI=1S/C18H37N5O.HI/c1-5-19-17(20-13-16-7-6-8-22(4)14-16)21-15-18(2,3)23-9-11-24-12-10-23;/h16H,5-15H2,1-4H3,(H2,19,20,21);1H. The zero-order chi connectivity index (χ0) is 17.4. The number of piperidine rings is 1. The minimum Gasteiger partial charge on any atom is -0.379 e. The molecule has 148 valence electrons. The van der Waals surface area contributed by atoms with Crippen LogP contribution < -0.4 is 10.6 Å². The van der Waals surface area contributed by atoms with Gasteiger partial charge in [-0.25, -0.2) is 0 Å². The van der Waals surface area contributed by atoms with E-state index in [2.05, 4.69) is 48.3 Å². The molecule has 25 heavy (non-hydrogen) atoms. The van der Waals surface area contributed by atoms with E-state index in [1.165, 1.54) is 25.9 Å². The van der Waals surface area contributed by atoms with Crippen LogP contribution in [0.2, 0.25) is 0 Å². The number of halogens is 1. The Hall–Kier alpha value is -0.120. The number of nitrogens with zero attached hydrogens (tertiary/aromatic N) is 3. The van der Waals surface area contributed by atoms with E-state index in [0.29, 0.717) is 0 Å². The summed E-state index contributed by atoms with van der Waals surface area (Å²) in [7, 11) is 2.22. The van der Waals surface area contributed by atoms with E-state index in [4.69, 9.17) is 9.73 Å². The van der Waals surface area contributed by atoms with Gasteiger partial charge in [-0.3, -0.25) is 9.89 Å². The lowest BCUT2D eigenvalue weighted by atomic mass is 9.98. The third kappa shape index (κ3) is 7.97. The topological polar surface area (TPSA) is 52.1 Å². The average Bonchev–Trinajstić information content (AvgIpc) is 2.58. The first-order chi connectivity index (χ1) is 11.5. The summed E-state index contributed by atoms with van der Waals surface area (Å²) in [5.74, 6) is 1.67. The zero-order valence-corrected chi connectivity index (χ0v) is 18.8. The number of ether oxygens (including phenoxy) is 1. The van der Waals surface area contributed by atoms with E-state index in [-0.39, 0.29) is 29.5 Å². The smallest absolute Gasteiger partial charge is 0.191 e. The Morgan fingerprint density at radius 3 is 2.56 bits per heavy atom. The first-order valence-electron chi connectivity index (χ1n) is 9.55. The van der Waals surface area contributed by atoms with Crippen LogP contribution in [0, 0.1) is 5.92 Å². The molecule has 2 heterocycles. The minimum absolute atomic E-state index is 0. The van der Waals surface area contributed by atoms with Crippen molar-refractivity contribution in [2.24, 2.45) is 10.9 Å². The van der Waals surface area contributed by atoms with Gasteiger partial charge < -0.3 is 20.3 Å². The Kier molecular flexibility index (Phi) is 10.6. The van der Waals surface area contributed by atoms with E-state index in [0.717, 1.165) is 57.8 Å². The first kappa shape index (κ1) is 22.9. The molecule has 0 spiro atoms. The van der Waals surface area contributed by atoms with Crippen molar-refractivity contribution in [3.8, 4) is 0 Å². The predicted molar refractivity (Wildman–Crippen MR) is 116 cm³/mol. The molecule has 7 heteroatoms. The van der Waals surface area contributed by atoms with Crippen LogP contribution in [0.5, 0.6) is 0 Å². The van der Waals surface area contributed by atoms with Crippen LogP contribution in [0.3, 0.4) is 0 Å². The second-order valence-corrected chi connectivity index (χ2v) is 7.76. The minimum atomic E-state index is 0. The highest BCUT2D eigenvalue weighted by Gasteiger charge is 2.28. The van der Waals surface area contributed by atoms with Gasteiger partial charge in [0.15, 0.2) is 5.96 Å². The monoisotopic (exact) mass is 467 g/mol. The fourth-order valence-electron chi connectivity index (χ4n) is 3.56. The third-order valence-electron chi connectivity index (χ3n) is 5.12. The fraction of sp³-hybridized carbons (Fsp3) is 0.944. The number of hydrogen-bond acceptors (Lipinski definition) is 4. The maximum Gasteiger partial charge on any atom is 0.191 e. The van der Waals surface area contributed by atoms with E-state index in [1.807, 2.05) is 0 Å². The number of nitrogens with one attached hydrogen (secondary N) is 2. The summed E-state index contributed by atoms with van der Waals surface area (Å²) in [6.07, 6.45) is 2.62. The molecule has 0 radical (unpaired) electrons. The van der Waals surface area contributed by atoms with Crippen molar-refractivity contribution in [2.75, 3.05) is 66.1 Å². The van der Waals surface area contributed by atoms with E-state index >= 15 is 0 Å². The molecule has 2 saturated heterocycles. The van der Waals surface area contributed by atoms with Gasteiger partial charge in [-0.05, 0) is 53.1 Å². The van der Waals surface area contributed by atoms with Gasteiger partial charge in [-0.2, -0.15) is 0 Å². The van der Waals surface area contributed by atoms with Crippen LogP contribution in [-0.2, 0) is 4.74 Å². The molecule has 2 rings (SSSR count). The highest BCUT2D eigenvalue weighted by Crippen LogP contribution is 2.17. The molecular weight excluding hydrogens is 429 g/mol. The fourth-order valence-corrected chi connectivity index (χ4v) is 3.56. The predicted octanol–water partition coefficient (Wildman–Crippen LogP) is 1.61. The normalized spacial score (nSPS) is 23.8. The lowest BCUT2D eigenvalue weighted by Gasteiger charge is -2.40. The number of guanidine groups is 1. The second kappa shape index (κ2) is 11.6. The van der Waals surface area contributed by atoms with Gasteiger partial charge in [0.1, 0.15) is 0 Å². The van der Waals surface area contributed by atoms with Crippen LogP contribution in [0.15, 0.2) is 4.99 Å². The van der Waals surface area contributed by atoms with E-state index < -0.39 is 0 Å². The molecule has 1 unspecified atom stereocenters. The van der Waals surface area contributed by atoms with Gasteiger partial charge in [0.25, 0.3) is 0 Å². The molecule has 0 bridgehead atoms. The maximum absolute atomic E-state index is 5.47. The Bertz CT molecular complexity index is 399. The Morgan fingerprint density at radius 2 is 1.92 bits per heavy atom. The van der Waals surface area contributed by atoms with Crippen molar-refractivity contribution in [1.82, 2.24) is 20.4 Å². The average molecular weight is 467 g/mol. The molecule has 2 N–H and O–H groups in total. The molecule has 1 atom stereocenters. The van der Waals surface area contributed by atoms with Crippen molar-refractivity contribution in [2.45, 2.75) is 39.2 Å². The molecule has 0 amide bonds. The third-order valence-corrected chi connectivity index (χ3v) is 5.12. The van der Waals surface area contributed by atoms with Gasteiger partial charge in [-0.1, -0.05) is 0 Å². The number of likely N-dealkylation sites (tertiary alicyclic amines) is 1. The molecule has 0 aromatic heterocycles. The second-order valence-electron chi connectivity index (χ2n) is 7.76. The van der Waals surface area contributed by atoms with Crippen LogP contribution in [0.1, 0.15) is 33.6 Å². The molecule has 2 fully saturated rings. The van der Waals surface area contributed by atoms with Crippen molar-refractivity contribution in [3.05, 3.63) is 0 Å². The lowest BCUT2D eigenvalue weighted by Crippen LogP contribution is -2.52. The SMILES string of the molecule is CCNC(=NCC(C)(C)N1CCOCC1)NCC1CCCN(C)C1.I. The quantitative estimate of drug-likeness (QED) is 0.353. The lowest BCUT2D eigenvalue weighted by molar-refractivity contribution is -0.00684. The summed E-state index contributed by atoms with van der Waals surface area (Å²) >= 11 is 0. The Morgan fingerprint density at radius 1 is 1.20 bits per heavy atom. The van der Waals surface area contributed by atoms with Crippen LogP contribution in [0.25, 0.3) is 0 Å². The van der Waals surface area contributed by atoms with Gasteiger partial charge in [0.05, 0.1) is 19.8 Å². The molecule has 0 aliphatic carbocycles. The van der Waals surface area contributed by atoms with Crippen LogP contribution in [0.4, 0.5) is 0 Å². The van der Waals surface area contributed by atoms with Crippen molar-refractivity contribution in [1.29, 1.82) is 0 Å². The molecule has 2 aliphatic rings. The molecule has 0 aromatic carbocycles. The molecular formula is C18H38IN5O. The summed E-state index contributed by atoms with van der Waals surface area (Å²) in [6.45, 7) is 15.5. The number of rotatable bonds is 6. The Balaban J connectivity index is 0.00000312. The van der Waals surface area contributed by atoms with Gasteiger partial charge >= 0.3 is 0 Å². The van der Waals surface area contributed by atoms with Crippen LogP contribution >= 0.6 is 24.0 Å². The summed E-state index contributed by atoms with van der Waals surface area (Å²) in [5, 5.41) is 6.95. The summed E-state index contributed by atoms with van der Waals surface area (Å²) in [6, 6.07) is 0. The molecule has 2 aliphatic heterocycles. The summed E-state index contributed by atoms with van der Waals surface area (Å²) < 4.78 is 5.47. The molecule has 0 saturated carbocycles. The number of morpholine rings is 1. The largest absolute Gasteiger partial charge is 0.379 e.